The van der Waals surface area contributed by atoms with Crippen LogP contribution in [0.4, 0.5) is 11.6 Å². The van der Waals surface area contributed by atoms with Crippen LogP contribution in [0.25, 0.3) is 5.65 Å². The van der Waals surface area contributed by atoms with Gasteiger partial charge in [-0.15, -0.1) is 0 Å². The summed E-state index contributed by atoms with van der Waals surface area (Å²) in [6.07, 6.45) is 8.36. The Labute approximate surface area is 160 Å². The first-order chi connectivity index (χ1) is 12.8. The number of nitrogens with zero attached hydrogens (tertiary/aromatic N) is 5. The smallest absolute Gasteiger partial charge is 0.173 e. The van der Waals surface area contributed by atoms with E-state index in [0.29, 0.717) is 12.6 Å². The highest BCUT2D eigenvalue weighted by Crippen LogP contribution is 2.30. The number of pyridine rings is 1. The van der Waals surface area contributed by atoms with Crippen molar-refractivity contribution in [2.24, 2.45) is 0 Å². The fraction of sp³-hybridized carbons (Fsp3) is 0.389. The van der Waals surface area contributed by atoms with E-state index in [9.17, 15) is 5.11 Å². The van der Waals surface area contributed by atoms with Gasteiger partial charge < -0.3 is 15.3 Å². The lowest BCUT2D eigenvalue weighted by molar-refractivity contribution is 0.275. The van der Waals surface area contributed by atoms with Crippen LogP contribution in [0.2, 0.25) is 0 Å². The summed E-state index contributed by atoms with van der Waals surface area (Å²) in [6.45, 7) is 1.82. The van der Waals surface area contributed by atoms with Gasteiger partial charge in [0.05, 0.1) is 10.7 Å². The Morgan fingerprint density at radius 3 is 3.08 bits per heavy atom. The SMILES string of the molecule is OCC[C@@H]1CCCN1c1cc(NCc2cccnc2)n2ncc(Br)c2n1. The number of fused-ring (bicyclic) bond motifs is 1. The summed E-state index contributed by atoms with van der Waals surface area (Å²) < 4.78 is 2.67. The number of anilines is 2. The fourth-order valence-corrected chi connectivity index (χ4v) is 3.83. The van der Waals surface area contributed by atoms with Crippen LogP contribution < -0.4 is 10.2 Å². The predicted octanol–water partition coefficient (Wildman–Crippen LogP) is 2.85. The topological polar surface area (TPSA) is 78.6 Å². The highest BCUT2D eigenvalue weighted by Gasteiger charge is 2.26. The number of aliphatic hydroxyl groups is 1. The zero-order valence-corrected chi connectivity index (χ0v) is 15.9. The largest absolute Gasteiger partial charge is 0.396 e. The summed E-state index contributed by atoms with van der Waals surface area (Å²) in [4.78, 5) is 11.3. The van der Waals surface area contributed by atoms with Gasteiger partial charge in [-0.25, -0.2) is 4.98 Å². The van der Waals surface area contributed by atoms with Crippen LogP contribution in [-0.2, 0) is 6.54 Å². The second-order valence-electron chi connectivity index (χ2n) is 6.44. The summed E-state index contributed by atoms with van der Waals surface area (Å²) in [7, 11) is 0. The summed E-state index contributed by atoms with van der Waals surface area (Å²) in [6, 6.07) is 6.34. The van der Waals surface area contributed by atoms with Gasteiger partial charge in [0, 0.05) is 44.2 Å². The Balaban J connectivity index is 1.67. The maximum Gasteiger partial charge on any atom is 0.173 e. The van der Waals surface area contributed by atoms with Gasteiger partial charge in [0.15, 0.2) is 5.65 Å². The normalized spacial score (nSPS) is 17.2. The third-order valence-corrected chi connectivity index (χ3v) is 5.30. The third-order valence-electron chi connectivity index (χ3n) is 4.75. The highest BCUT2D eigenvalue weighted by molar-refractivity contribution is 9.10. The van der Waals surface area contributed by atoms with Crippen molar-refractivity contribution in [3.05, 3.63) is 46.8 Å². The van der Waals surface area contributed by atoms with Crippen LogP contribution in [0.3, 0.4) is 0 Å². The lowest BCUT2D eigenvalue weighted by Crippen LogP contribution is -2.31. The molecule has 0 aromatic carbocycles. The molecule has 0 bridgehead atoms. The molecule has 1 aliphatic heterocycles. The van der Waals surface area contributed by atoms with Gasteiger partial charge >= 0.3 is 0 Å². The van der Waals surface area contributed by atoms with E-state index in [2.05, 4.69) is 36.2 Å². The van der Waals surface area contributed by atoms with E-state index in [-0.39, 0.29) is 6.61 Å². The van der Waals surface area contributed by atoms with E-state index in [4.69, 9.17) is 4.98 Å². The zero-order valence-electron chi connectivity index (χ0n) is 14.3. The second-order valence-corrected chi connectivity index (χ2v) is 7.30. The molecule has 8 heteroatoms. The van der Waals surface area contributed by atoms with Gasteiger partial charge in [0.2, 0.25) is 0 Å². The van der Waals surface area contributed by atoms with E-state index in [0.717, 1.165) is 53.1 Å². The molecule has 136 valence electrons. The molecule has 0 amide bonds. The molecule has 0 unspecified atom stereocenters. The molecule has 7 nitrogen and oxygen atoms in total. The number of aromatic nitrogens is 4. The van der Waals surface area contributed by atoms with Crippen molar-refractivity contribution in [2.75, 3.05) is 23.4 Å². The van der Waals surface area contributed by atoms with Crippen molar-refractivity contribution in [3.63, 3.8) is 0 Å². The highest BCUT2D eigenvalue weighted by atomic mass is 79.9. The number of halogens is 1. The average Bonchev–Trinajstić information content (AvgIpc) is 3.28. The van der Waals surface area contributed by atoms with Crippen molar-refractivity contribution in [1.82, 2.24) is 19.6 Å². The van der Waals surface area contributed by atoms with Crippen LogP contribution in [0, 0.1) is 0 Å². The molecule has 0 saturated carbocycles. The quantitative estimate of drug-likeness (QED) is 0.642. The Hall–Kier alpha value is -2.19. The molecule has 2 N–H and O–H groups in total. The Kier molecular flexibility index (Phi) is 5.03. The van der Waals surface area contributed by atoms with Gasteiger partial charge in [-0.2, -0.15) is 9.61 Å². The first kappa shape index (κ1) is 17.2. The van der Waals surface area contributed by atoms with Crippen LogP contribution in [-0.4, -0.2) is 43.9 Å². The van der Waals surface area contributed by atoms with Gasteiger partial charge in [-0.1, -0.05) is 6.07 Å². The van der Waals surface area contributed by atoms with Crippen LogP contribution >= 0.6 is 15.9 Å². The maximum absolute atomic E-state index is 9.35. The van der Waals surface area contributed by atoms with E-state index < -0.39 is 0 Å². The van der Waals surface area contributed by atoms with E-state index in [1.54, 1.807) is 16.9 Å². The average molecular weight is 417 g/mol. The molecule has 1 atom stereocenters. The van der Waals surface area contributed by atoms with Crippen molar-refractivity contribution in [3.8, 4) is 0 Å². The lowest BCUT2D eigenvalue weighted by Gasteiger charge is -2.26. The molecule has 3 aromatic heterocycles. The molecule has 4 heterocycles. The monoisotopic (exact) mass is 416 g/mol. The maximum atomic E-state index is 9.35. The van der Waals surface area contributed by atoms with Crippen molar-refractivity contribution >= 4 is 33.2 Å². The molecule has 1 aliphatic rings. The molecule has 0 radical (unpaired) electrons. The zero-order chi connectivity index (χ0) is 17.9. The van der Waals surface area contributed by atoms with E-state index in [1.165, 1.54) is 0 Å². The van der Waals surface area contributed by atoms with Gasteiger partial charge in [0.1, 0.15) is 11.6 Å². The Morgan fingerprint density at radius 2 is 2.27 bits per heavy atom. The number of nitrogens with one attached hydrogen (secondary N) is 1. The van der Waals surface area contributed by atoms with Crippen LogP contribution in [0.5, 0.6) is 0 Å². The molecule has 0 spiro atoms. The molecule has 26 heavy (non-hydrogen) atoms. The molecule has 4 rings (SSSR count). The standard InChI is InChI=1S/C18H21BrN6O/c19-15-12-22-25-16(21-11-13-3-1-6-20-10-13)9-17(23-18(15)25)24-7-2-4-14(24)5-8-26/h1,3,6,9-10,12,14,21,26H,2,4-5,7-8,11H2/t14-/m0/s1. The Morgan fingerprint density at radius 1 is 1.35 bits per heavy atom. The number of rotatable bonds is 6. The third kappa shape index (κ3) is 3.39. The second kappa shape index (κ2) is 7.59. The van der Waals surface area contributed by atoms with Crippen molar-refractivity contribution in [1.29, 1.82) is 0 Å². The van der Waals surface area contributed by atoms with Gasteiger partial charge in [0.25, 0.3) is 0 Å². The number of aliphatic hydroxyl groups excluding tert-OH is 1. The molecular weight excluding hydrogens is 396 g/mol. The molecule has 1 saturated heterocycles. The van der Waals surface area contributed by atoms with Crippen molar-refractivity contribution in [2.45, 2.75) is 31.8 Å². The summed E-state index contributed by atoms with van der Waals surface area (Å²) in [5.41, 5.74) is 1.88. The number of hydrogen-bond donors (Lipinski definition) is 2. The summed E-state index contributed by atoms with van der Waals surface area (Å²) >= 11 is 3.54. The lowest BCUT2D eigenvalue weighted by atomic mass is 10.1. The summed E-state index contributed by atoms with van der Waals surface area (Å²) in [5.74, 6) is 1.80. The minimum Gasteiger partial charge on any atom is -0.396 e. The van der Waals surface area contributed by atoms with Crippen LogP contribution in [0.15, 0.2) is 41.3 Å². The predicted molar refractivity (Wildman–Crippen MR) is 104 cm³/mol. The number of hydrogen-bond acceptors (Lipinski definition) is 6. The minimum atomic E-state index is 0.200. The molecular formula is C18H21BrN6O. The minimum absolute atomic E-state index is 0.200. The Bertz CT molecular complexity index is 884. The van der Waals surface area contributed by atoms with Crippen molar-refractivity contribution < 1.29 is 5.11 Å². The molecule has 0 aliphatic carbocycles. The van der Waals surface area contributed by atoms with Gasteiger partial charge in [-0.05, 0) is 46.8 Å². The first-order valence-electron chi connectivity index (χ1n) is 8.81. The van der Waals surface area contributed by atoms with Crippen LogP contribution in [0.1, 0.15) is 24.8 Å². The van der Waals surface area contributed by atoms with Gasteiger partial charge in [-0.3, -0.25) is 4.98 Å². The summed E-state index contributed by atoms with van der Waals surface area (Å²) in [5, 5.41) is 17.2. The van der Waals surface area contributed by atoms with E-state index >= 15 is 0 Å². The first-order valence-corrected chi connectivity index (χ1v) is 9.60. The van der Waals surface area contributed by atoms with E-state index in [1.807, 2.05) is 24.4 Å². The molecule has 3 aromatic rings. The fourth-order valence-electron chi connectivity index (χ4n) is 3.48. The molecule has 1 fully saturated rings.